The molecule has 1 aromatic carbocycles. The first-order valence-corrected chi connectivity index (χ1v) is 7.64. The smallest absolute Gasteiger partial charge is 0.252 e. The fraction of sp³-hybridized carbons (Fsp3) is 0.0833. The van der Waals surface area contributed by atoms with Crippen molar-refractivity contribution in [1.82, 2.24) is 5.32 Å². The molecule has 1 heterocycles. The highest BCUT2D eigenvalue weighted by atomic mass is 79.9. The first-order chi connectivity index (χ1) is 8.97. The molecule has 2 aromatic rings. The number of benzene rings is 1. The van der Waals surface area contributed by atoms with Gasteiger partial charge in [0.25, 0.3) is 5.91 Å². The Kier molecular flexibility index (Phi) is 4.59. The van der Waals surface area contributed by atoms with E-state index in [4.69, 9.17) is 5.73 Å². The number of nitrogen functional groups attached to an aromatic ring is 1. The molecular weight excluding hydrogens is 399 g/mol. The van der Waals surface area contributed by atoms with Crippen molar-refractivity contribution in [3.63, 3.8) is 0 Å². The SMILES string of the molecule is Nc1cc(C(=O)NCc2ccc(Br)s2)c(Br)cc1F. The molecule has 3 N–H and O–H groups in total. The molecule has 0 aliphatic heterocycles. The zero-order valence-corrected chi connectivity index (χ0v) is 13.5. The van der Waals surface area contributed by atoms with Crippen LogP contribution in [0.15, 0.2) is 32.5 Å². The van der Waals surface area contributed by atoms with Crippen LogP contribution in [0.25, 0.3) is 0 Å². The lowest BCUT2D eigenvalue weighted by atomic mass is 10.2. The minimum absolute atomic E-state index is 0.0489. The number of carbonyl (C=O) groups excluding carboxylic acids is 1. The fourth-order valence-corrected chi connectivity index (χ4v) is 3.37. The molecule has 100 valence electrons. The van der Waals surface area contributed by atoms with E-state index in [2.05, 4.69) is 37.2 Å². The largest absolute Gasteiger partial charge is 0.396 e. The molecule has 2 rings (SSSR count). The average Bonchev–Trinajstić information content (AvgIpc) is 2.77. The first kappa shape index (κ1) is 14.5. The molecule has 19 heavy (non-hydrogen) atoms. The predicted molar refractivity (Wildman–Crippen MR) is 81.7 cm³/mol. The van der Waals surface area contributed by atoms with Crippen LogP contribution in [0, 0.1) is 5.82 Å². The van der Waals surface area contributed by atoms with E-state index in [0.29, 0.717) is 16.6 Å². The molecule has 0 aliphatic carbocycles. The Bertz CT molecular complexity index is 630. The third-order valence-electron chi connectivity index (χ3n) is 2.38. The zero-order valence-electron chi connectivity index (χ0n) is 9.54. The van der Waals surface area contributed by atoms with Gasteiger partial charge < -0.3 is 11.1 Å². The normalized spacial score (nSPS) is 10.5. The number of hydrogen-bond acceptors (Lipinski definition) is 3. The van der Waals surface area contributed by atoms with E-state index >= 15 is 0 Å². The van der Waals surface area contributed by atoms with Crippen molar-refractivity contribution in [1.29, 1.82) is 0 Å². The van der Waals surface area contributed by atoms with Crippen molar-refractivity contribution in [3.05, 3.63) is 48.8 Å². The van der Waals surface area contributed by atoms with Crippen LogP contribution in [0.3, 0.4) is 0 Å². The van der Waals surface area contributed by atoms with E-state index in [9.17, 15) is 9.18 Å². The first-order valence-electron chi connectivity index (χ1n) is 5.24. The van der Waals surface area contributed by atoms with Crippen molar-refractivity contribution in [2.24, 2.45) is 0 Å². The predicted octanol–water partition coefficient (Wildman–Crippen LogP) is 3.92. The maximum absolute atomic E-state index is 13.2. The Labute approximate surface area is 130 Å². The molecule has 3 nitrogen and oxygen atoms in total. The van der Waals surface area contributed by atoms with Crippen LogP contribution in [0.4, 0.5) is 10.1 Å². The number of rotatable bonds is 3. The summed E-state index contributed by atoms with van der Waals surface area (Å²) >= 11 is 8.04. The molecule has 0 spiro atoms. The number of amides is 1. The third-order valence-corrected chi connectivity index (χ3v) is 4.66. The van der Waals surface area contributed by atoms with Crippen molar-refractivity contribution >= 4 is 54.8 Å². The molecule has 0 radical (unpaired) electrons. The Balaban J connectivity index is 2.10. The van der Waals surface area contributed by atoms with E-state index < -0.39 is 5.82 Å². The molecule has 0 saturated heterocycles. The van der Waals surface area contributed by atoms with Crippen LogP contribution < -0.4 is 11.1 Å². The quantitative estimate of drug-likeness (QED) is 0.757. The summed E-state index contributed by atoms with van der Waals surface area (Å²) in [5, 5.41) is 2.76. The van der Waals surface area contributed by atoms with Crippen molar-refractivity contribution < 1.29 is 9.18 Å². The molecule has 0 atom stereocenters. The molecule has 0 fully saturated rings. The van der Waals surface area contributed by atoms with Crippen molar-refractivity contribution in [2.45, 2.75) is 6.54 Å². The number of nitrogens with two attached hydrogens (primary N) is 1. The van der Waals surface area contributed by atoms with Gasteiger partial charge in [0.2, 0.25) is 0 Å². The molecule has 0 aliphatic rings. The lowest BCUT2D eigenvalue weighted by molar-refractivity contribution is 0.0950. The molecule has 7 heteroatoms. The second-order valence-electron chi connectivity index (χ2n) is 3.74. The Morgan fingerprint density at radius 2 is 2.11 bits per heavy atom. The van der Waals surface area contributed by atoms with E-state index in [-0.39, 0.29) is 11.6 Å². The number of thiophene rings is 1. The van der Waals surface area contributed by atoms with Crippen LogP contribution in [0.2, 0.25) is 0 Å². The average molecular weight is 408 g/mol. The molecular formula is C12H9Br2FN2OS. The van der Waals surface area contributed by atoms with Gasteiger partial charge in [-0.2, -0.15) is 0 Å². The highest BCUT2D eigenvalue weighted by Gasteiger charge is 2.13. The topological polar surface area (TPSA) is 55.1 Å². The maximum Gasteiger partial charge on any atom is 0.252 e. The summed E-state index contributed by atoms with van der Waals surface area (Å²) in [6.45, 7) is 0.415. The van der Waals surface area contributed by atoms with Crippen LogP contribution in [0.1, 0.15) is 15.2 Å². The van der Waals surface area contributed by atoms with Gasteiger partial charge >= 0.3 is 0 Å². The fourth-order valence-electron chi connectivity index (χ4n) is 1.45. The van der Waals surface area contributed by atoms with Crippen molar-refractivity contribution in [2.75, 3.05) is 5.73 Å². The summed E-state index contributed by atoms with van der Waals surface area (Å²) in [4.78, 5) is 13.0. The summed E-state index contributed by atoms with van der Waals surface area (Å²) in [6, 6.07) is 6.34. The van der Waals surface area contributed by atoms with E-state index in [1.807, 2.05) is 12.1 Å². The Hall–Kier alpha value is -0.920. The Morgan fingerprint density at radius 1 is 1.37 bits per heavy atom. The molecule has 0 unspecified atom stereocenters. The van der Waals surface area contributed by atoms with Gasteiger partial charge in [0.05, 0.1) is 21.6 Å². The summed E-state index contributed by atoms with van der Waals surface area (Å²) in [5.41, 5.74) is 5.72. The standard InChI is InChI=1S/C12H9Br2FN2OS/c13-8-4-9(15)10(16)3-7(8)12(18)17-5-6-1-2-11(14)19-6/h1-4H,5,16H2,(H,17,18). The third kappa shape index (κ3) is 3.55. The summed E-state index contributed by atoms with van der Waals surface area (Å²) < 4.78 is 14.6. The van der Waals surface area contributed by atoms with Crippen molar-refractivity contribution in [3.8, 4) is 0 Å². The van der Waals surface area contributed by atoms with Gasteiger partial charge in [0, 0.05) is 9.35 Å². The van der Waals surface area contributed by atoms with Gasteiger partial charge in [-0.05, 0) is 56.1 Å². The molecule has 1 amide bonds. The zero-order chi connectivity index (χ0) is 14.0. The second kappa shape index (κ2) is 6.02. The number of nitrogens with one attached hydrogen (secondary N) is 1. The number of halogens is 3. The van der Waals surface area contributed by atoms with Crippen LogP contribution >= 0.6 is 43.2 Å². The monoisotopic (exact) mass is 406 g/mol. The van der Waals surface area contributed by atoms with Gasteiger partial charge in [-0.3, -0.25) is 4.79 Å². The van der Waals surface area contributed by atoms with Gasteiger partial charge in [-0.15, -0.1) is 11.3 Å². The highest BCUT2D eigenvalue weighted by Crippen LogP contribution is 2.24. The van der Waals surface area contributed by atoms with Crippen LogP contribution in [-0.4, -0.2) is 5.91 Å². The Morgan fingerprint density at radius 3 is 2.74 bits per heavy atom. The lowest BCUT2D eigenvalue weighted by Crippen LogP contribution is -2.23. The van der Waals surface area contributed by atoms with Crippen LogP contribution in [-0.2, 0) is 6.54 Å². The highest BCUT2D eigenvalue weighted by molar-refractivity contribution is 9.11. The molecule has 1 aromatic heterocycles. The lowest BCUT2D eigenvalue weighted by Gasteiger charge is -2.07. The number of anilines is 1. The van der Waals surface area contributed by atoms with Gasteiger partial charge in [-0.25, -0.2) is 4.39 Å². The van der Waals surface area contributed by atoms with Gasteiger partial charge in [0.1, 0.15) is 5.82 Å². The minimum atomic E-state index is -0.550. The van der Waals surface area contributed by atoms with E-state index in [0.717, 1.165) is 8.66 Å². The minimum Gasteiger partial charge on any atom is -0.396 e. The maximum atomic E-state index is 13.2. The van der Waals surface area contributed by atoms with Crippen LogP contribution in [0.5, 0.6) is 0 Å². The van der Waals surface area contributed by atoms with Gasteiger partial charge in [-0.1, -0.05) is 0 Å². The van der Waals surface area contributed by atoms with Gasteiger partial charge in [0.15, 0.2) is 0 Å². The second-order valence-corrected chi connectivity index (χ2v) is 7.14. The summed E-state index contributed by atoms with van der Waals surface area (Å²) in [6.07, 6.45) is 0. The van der Waals surface area contributed by atoms with E-state index in [1.165, 1.54) is 12.1 Å². The molecule has 0 bridgehead atoms. The number of hydrogen-bond donors (Lipinski definition) is 2. The number of carbonyl (C=O) groups is 1. The summed E-state index contributed by atoms with van der Waals surface area (Å²) in [7, 11) is 0. The molecule has 0 saturated carbocycles. The summed E-state index contributed by atoms with van der Waals surface area (Å²) in [5.74, 6) is -0.853. The van der Waals surface area contributed by atoms with E-state index in [1.54, 1.807) is 11.3 Å².